The predicted molar refractivity (Wildman–Crippen MR) is 85.2 cm³/mol. The van der Waals surface area contributed by atoms with Crippen molar-refractivity contribution in [1.82, 2.24) is 5.32 Å². The Morgan fingerprint density at radius 2 is 1.62 bits per heavy atom. The Morgan fingerprint density at radius 1 is 1.08 bits per heavy atom. The number of carbonyl (C=O) groups is 3. The van der Waals surface area contributed by atoms with Crippen LogP contribution >= 0.6 is 0 Å². The van der Waals surface area contributed by atoms with Crippen molar-refractivity contribution in [3.05, 3.63) is 35.4 Å². The number of ether oxygens (including phenoxy) is 2. The smallest absolute Gasteiger partial charge is 0.416 e. The molecular weight excluding hydrogens is 355 g/mol. The molecule has 1 rings (SSSR count). The van der Waals surface area contributed by atoms with Crippen LogP contribution < -0.4 is 5.32 Å². The van der Waals surface area contributed by atoms with E-state index in [4.69, 9.17) is 4.74 Å². The highest BCUT2D eigenvalue weighted by Gasteiger charge is 2.31. The SMILES string of the molecule is COC(=O)[C@H](CC(=O)OC(C)(C)C)NC(=O)c1ccc(C(F)(F)F)cc1. The average Bonchev–Trinajstić information content (AvgIpc) is 2.50. The maximum Gasteiger partial charge on any atom is 0.416 e. The van der Waals surface area contributed by atoms with Crippen LogP contribution in [0.3, 0.4) is 0 Å². The number of benzene rings is 1. The molecule has 0 radical (unpaired) electrons. The van der Waals surface area contributed by atoms with E-state index in [2.05, 4.69) is 10.1 Å². The fourth-order valence-corrected chi connectivity index (χ4v) is 1.94. The highest BCUT2D eigenvalue weighted by molar-refractivity contribution is 5.97. The van der Waals surface area contributed by atoms with Gasteiger partial charge in [0, 0.05) is 5.56 Å². The van der Waals surface area contributed by atoms with E-state index in [1.165, 1.54) is 0 Å². The van der Waals surface area contributed by atoms with Crippen molar-refractivity contribution in [3.8, 4) is 0 Å². The van der Waals surface area contributed by atoms with Crippen LogP contribution in [0.1, 0.15) is 43.1 Å². The van der Waals surface area contributed by atoms with Crippen LogP contribution in [-0.2, 0) is 25.2 Å². The van der Waals surface area contributed by atoms with Crippen LogP contribution in [0, 0.1) is 0 Å². The second-order valence-electron chi connectivity index (χ2n) is 6.41. The first-order valence-electron chi connectivity index (χ1n) is 7.61. The summed E-state index contributed by atoms with van der Waals surface area (Å²) in [6, 6.07) is 2.11. The van der Waals surface area contributed by atoms with E-state index in [1.54, 1.807) is 20.8 Å². The molecule has 26 heavy (non-hydrogen) atoms. The van der Waals surface area contributed by atoms with Crippen molar-refractivity contribution >= 4 is 17.8 Å². The van der Waals surface area contributed by atoms with Crippen molar-refractivity contribution in [2.24, 2.45) is 0 Å². The number of esters is 2. The number of hydrogen-bond donors (Lipinski definition) is 1. The van der Waals surface area contributed by atoms with Gasteiger partial charge in [-0.1, -0.05) is 0 Å². The van der Waals surface area contributed by atoms with E-state index >= 15 is 0 Å². The summed E-state index contributed by atoms with van der Waals surface area (Å²) in [7, 11) is 1.08. The minimum absolute atomic E-state index is 0.101. The average molecular weight is 375 g/mol. The fraction of sp³-hybridized carbons (Fsp3) is 0.471. The van der Waals surface area contributed by atoms with Gasteiger partial charge in [0.05, 0.1) is 19.1 Å². The number of nitrogens with one attached hydrogen (secondary N) is 1. The number of hydrogen-bond acceptors (Lipinski definition) is 5. The molecule has 1 aromatic carbocycles. The molecule has 9 heteroatoms. The molecular formula is C17H20F3NO5. The zero-order chi connectivity index (χ0) is 20.1. The Hall–Kier alpha value is -2.58. The van der Waals surface area contributed by atoms with E-state index in [-0.39, 0.29) is 5.56 Å². The quantitative estimate of drug-likeness (QED) is 0.801. The molecule has 0 saturated carbocycles. The summed E-state index contributed by atoms with van der Waals surface area (Å²) >= 11 is 0. The second kappa shape index (κ2) is 8.20. The molecule has 1 N–H and O–H groups in total. The Labute approximate surface area is 148 Å². The standard InChI is InChI=1S/C17H20F3NO5/c1-16(2,3)26-13(22)9-12(15(24)25-4)21-14(23)10-5-7-11(8-6-10)17(18,19)20/h5-8,12H,9H2,1-4H3,(H,21,23)/t12-/m0/s1. The van der Waals surface area contributed by atoms with Crippen molar-refractivity contribution in [1.29, 1.82) is 0 Å². The molecule has 0 aliphatic rings. The van der Waals surface area contributed by atoms with Gasteiger partial charge in [-0.3, -0.25) is 9.59 Å². The van der Waals surface area contributed by atoms with Gasteiger partial charge in [0.15, 0.2) is 0 Å². The van der Waals surface area contributed by atoms with Gasteiger partial charge in [-0.05, 0) is 45.0 Å². The summed E-state index contributed by atoms with van der Waals surface area (Å²) in [6.07, 6.45) is -5.00. The van der Waals surface area contributed by atoms with Gasteiger partial charge in [0.25, 0.3) is 5.91 Å². The number of amides is 1. The number of alkyl halides is 3. The molecule has 0 saturated heterocycles. The molecule has 1 amide bonds. The van der Waals surface area contributed by atoms with Gasteiger partial charge in [0.1, 0.15) is 11.6 Å². The minimum atomic E-state index is -4.53. The minimum Gasteiger partial charge on any atom is -0.467 e. The molecule has 0 fully saturated rings. The van der Waals surface area contributed by atoms with Gasteiger partial charge < -0.3 is 14.8 Å². The third-order valence-corrected chi connectivity index (χ3v) is 3.06. The largest absolute Gasteiger partial charge is 0.467 e. The maximum absolute atomic E-state index is 12.5. The van der Waals surface area contributed by atoms with Crippen LogP contribution in [0.4, 0.5) is 13.2 Å². The molecule has 144 valence electrons. The summed E-state index contributed by atoms with van der Waals surface area (Å²) < 4.78 is 47.3. The first kappa shape index (κ1) is 21.5. The number of rotatable bonds is 5. The Kier molecular flexibility index (Phi) is 6.77. The van der Waals surface area contributed by atoms with Crippen molar-refractivity contribution < 1.29 is 37.0 Å². The molecule has 0 aliphatic heterocycles. The van der Waals surface area contributed by atoms with E-state index in [0.29, 0.717) is 0 Å². The van der Waals surface area contributed by atoms with Gasteiger partial charge >= 0.3 is 18.1 Å². The molecule has 0 unspecified atom stereocenters. The molecule has 0 aromatic heterocycles. The van der Waals surface area contributed by atoms with Crippen LogP contribution in [-0.4, -0.2) is 36.6 Å². The van der Waals surface area contributed by atoms with Crippen LogP contribution in [0.5, 0.6) is 0 Å². The number of methoxy groups -OCH3 is 1. The van der Waals surface area contributed by atoms with Gasteiger partial charge in [-0.2, -0.15) is 13.2 Å². The number of carbonyl (C=O) groups excluding carboxylic acids is 3. The summed E-state index contributed by atoms with van der Waals surface area (Å²) in [5, 5.41) is 2.26. The van der Waals surface area contributed by atoms with E-state index in [9.17, 15) is 27.6 Å². The normalized spacial score (nSPS) is 12.9. The lowest BCUT2D eigenvalue weighted by Crippen LogP contribution is -2.43. The molecule has 1 atom stereocenters. The lowest BCUT2D eigenvalue weighted by atomic mass is 10.1. The van der Waals surface area contributed by atoms with Gasteiger partial charge in [-0.25, -0.2) is 4.79 Å². The highest BCUT2D eigenvalue weighted by Crippen LogP contribution is 2.29. The van der Waals surface area contributed by atoms with Crippen LogP contribution in [0.15, 0.2) is 24.3 Å². The Morgan fingerprint density at radius 3 is 2.04 bits per heavy atom. The monoisotopic (exact) mass is 375 g/mol. The second-order valence-corrected chi connectivity index (χ2v) is 6.41. The van der Waals surface area contributed by atoms with Crippen molar-refractivity contribution in [2.75, 3.05) is 7.11 Å². The lowest BCUT2D eigenvalue weighted by Gasteiger charge is -2.22. The summed E-state index contributed by atoms with van der Waals surface area (Å²) in [6.45, 7) is 4.91. The zero-order valence-electron chi connectivity index (χ0n) is 14.8. The maximum atomic E-state index is 12.5. The topological polar surface area (TPSA) is 81.7 Å². The van der Waals surface area contributed by atoms with Crippen molar-refractivity contribution in [2.45, 2.75) is 45.0 Å². The highest BCUT2D eigenvalue weighted by atomic mass is 19.4. The summed E-state index contributed by atoms with van der Waals surface area (Å²) in [5.41, 5.74) is -1.79. The van der Waals surface area contributed by atoms with Crippen LogP contribution in [0.25, 0.3) is 0 Å². The Balaban J connectivity index is 2.86. The summed E-state index contributed by atoms with van der Waals surface area (Å²) in [4.78, 5) is 35.8. The molecule has 1 aromatic rings. The first-order chi connectivity index (χ1) is 11.8. The predicted octanol–water partition coefficient (Wildman–Crippen LogP) is 2.71. The fourth-order valence-electron chi connectivity index (χ4n) is 1.94. The number of halogens is 3. The lowest BCUT2D eigenvalue weighted by molar-refractivity contribution is -0.158. The van der Waals surface area contributed by atoms with E-state index < -0.39 is 47.6 Å². The molecule has 6 nitrogen and oxygen atoms in total. The first-order valence-corrected chi connectivity index (χ1v) is 7.61. The molecule has 0 bridgehead atoms. The van der Waals surface area contributed by atoms with Gasteiger partial charge in [0.2, 0.25) is 0 Å². The van der Waals surface area contributed by atoms with Crippen molar-refractivity contribution in [3.63, 3.8) is 0 Å². The third-order valence-electron chi connectivity index (χ3n) is 3.06. The van der Waals surface area contributed by atoms with Gasteiger partial charge in [-0.15, -0.1) is 0 Å². The third kappa shape index (κ3) is 6.73. The molecule has 0 spiro atoms. The zero-order valence-corrected chi connectivity index (χ0v) is 14.8. The Bertz CT molecular complexity index is 662. The molecule has 0 heterocycles. The van der Waals surface area contributed by atoms with E-state index in [0.717, 1.165) is 31.4 Å². The van der Waals surface area contributed by atoms with E-state index in [1.807, 2.05) is 0 Å². The summed E-state index contributed by atoms with van der Waals surface area (Å²) in [5.74, 6) is -2.44. The van der Waals surface area contributed by atoms with Crippen LogP contribution in [0.2, 0.25) is 0 Å². The molecule has 0 aliphatic carbocycles.